The zero-order valence-corrected chi connectivity index (χ0v) is 10.3. The Morgan fingerprint density at radius 2 is 2.19 bits per heavy atom. The molecule has 88 valence electrons. The van der Waals surface area contributed by atoms with Gasteiger partial charge in [-0.1, -0.05) is 23.2 Å². The van der Waals surface area contributed by atoms with Gasteiger partial charge in [0.1, 0.15) is 0 Å². The van der Waals surface area contributed by atoms with Crippen molar-refractivity contribution in [3.05, 3.63) is 28.2 Å². The van der Waals surface area contributed by atoms with E-state index in [-0.39, 0.29) is 6.10 Å². The maximum Gasteiger partial charge on any atom is 0.0839 e. The lowest BCUT2D eigenvalue weighted by atomic mass is 10.2. The van der Waals surface area contributed by atoms with Gasteiger partial charge in [-0.3, -0.25) is 0 Å². The van der Waals surface area contributed by atoms with Crippen LogP contribution in [0.3, 0.4) is 0 Å². The number of halogens is 2. The second-order valence-electron chi connectivity index (χ2n) is 3.90. The first-order valence-electron chi connectivity index (χ1n) is 5.25. The number of nitrogens with one attached hydrogen (secondary N) is 1. The van der Waals surface area contributed by atoms with E-state index in [1.54, 1.807) is 6.07 Å². The van der Waals surface area contributed by atoms with Crippen LogP contribution in [0.25, 0.3) is 0 Å². The highest BCUT2D eigenvalue weighted by Gasteiger charge is 2.17. The van der Waals surface area contributed by atoms with Crippen LogP contribution in [0, 0.1) is 0 Å². The first-order valence-corrected chi connectivity index (χ1v) is 6.01. The lowest BCUT2D eigenvalue weighted by Crippen LogP contribution is -2.32. The van der Waals surface area contributed by atoms with Crippen LogP contribution < -0.4 is 10.2 Å². The molecule has 1 aromatic rings. The summed E-state index contributed by atoms with van der Waals surface area (Å²) in [6, 6.07) is 5.43. The molecule has 3 nitrogen and oxygen atoms in total. The molecule has 2 rings (SSSR count). The first kappa shape index (κ1) is 12.0. The summed E-state index contributed by atoms with van der Waals surface area (Å²) in [7, 11) is 0. The van der Waals surface area contributed by atoms with E-state index in [9.17, 15) is 5.11 Å². The molecule has 0 amide bonds. The van der Waals surface area contributed by atoms with Crippen LogP contribution in [-0.2, 0) is 0 Å². The number of nitrogens with zero attached hydrogens (tertiary/aromatic N) is 1. The third-order valence-electron chi connectivity index (χ3n) is 2.62. The minimum absolute atomic E-state index is 0.366. The van der Waals surface area contributed by atoms with Gasteiger partial charge < -0.3 is 15.3 Å². The van der Waals surface area contributed by atoms with Crippen LogP contribution in [0.5, 0.6) is 0 Å². The van der Waals surface area contributed by atoms with Gasteiger partial charge >= 0.3 is 0 Å². The van der Waals surface area contributed by atoms with Crippen molar-refractivity contribution >= 4 is 28.9 Å². The summed E-state index contributed by atoms with van der Waals surface area (Å²) >= 11 is 12.0. The summed E-state index contributed by atoms with van der Waals surface area (Å²) in [5.74, 6) is 0. The molecule has 1 aliphatic rings. The van der Waals surface area contributed by atoms with E-state index in [0.717, 1.165) is 18.8 Å². The molecule has 5 heteroatoms. The number of aliphatic hydroxyl groups excluding tert-OH is 1. The molecule has 1 saturated heterocycles. The topological polar surface area (TPSA) is 35.5 Å². The van der Waals surface area contributed by atoms with Crippen molar-refractivity contribution in [2.24, 2.45) is 0 Å². The van der Waals surface area contributed by atoms with Crippen molar-refractivity contribution in [2.45, 2.75) is 6.10 Å². The predicted octanol–water partition coefficient (Wildman–Crippen LogP) is 1.76. The molecular weight excluding hydrogens is 247 g/mol. The van der Waals surface area contributed by atoms with Crippen molar-refractivity contribution in [2.75, 3.05) is 31.1 Å². The van der Waals surface area contributed by atoms with Gasteiger partial charge in [-0.2, -0.15) is 0 Å². The van der Waals surface area contributed by atoms with Gasteiger partial charge in [0.2, 0.25) is 0 Å². The van der Waals surface area contributed by atoms with E-state index in [0.29, 0.717) is 23.1 Å². The van der Waals surface area contributed by atoms with Gasteiger partial charge in [0, 0.05) is 31.2 Å². The monoisotopic (exact) mass is 260 g/mol. The second kappa shape index (κ2) is 5.23. The molecular formula is C11H14Cl2N2O. The van der Waals surface area contributed by atoms with Crippen LogP contribution in [-0.4, -0.2) is 37.4 Å². The smallest absolute Gasteiger partial charge is 0.0839 e. The Balaban J connectivity index is 2.21. The summed E-state index contributed by atoms with van der Waals surface area (Å²) in [4.78, 5) is 2.07. The molecule has 1 unspecified atom stereocenters. The molecule has 1 atom stereocenters. The average Bonchev–Trinajstić information content (AvgIpc) is 2.43. The molecule has 0 spiro atoms. The Morgan fingerprint density at radius 3 is 2.94 bits per heavy atom. The number of hydrogen-bond donors (Lipinski definition) is 2. The van der Waals surface area contributed by atoms with E-state index in [4.69, 9.17) is 23.2 Å². The largest absolute Gasteiger partial charge is 0.390 e. The van der Waals surface area contributed by atoms with Crippen LogP contribution in [0.15, 0.2) is 18.2 Å². The fourth-order valence-corrected chi connectivity index (χ4v) is 2.38. The molecule has 0 radical (unpaired) electrons. The molecule has 0 saturated carbocycles. The van der Waals surface area contributed by atoms with Gasteiger partial charge in [0.25, 0.3) is 0 Å². The number of hydrogen-bond acceptors (Lipinski definition) is 3. The Morgan fingerprint density at radius 1 is 1.38 bits per heavy atom. The molecule has 0 bridgehead atoms. The fourth-order valence-electron chi connectivity index (χ4n) is 1.85. The minimum Gasteiger partial charge on any atom is -0.390 e. The zero-order chi connectivity index (χ0) is 11.5. The van der Waals surface area contributed by atoms with E-state index >= 15 is 0 Å². The minimum atomic E-state index is -0.366. The van der Waals surface area contributed by atoms with E-state index < -0.39 is 0 Å². The Hall–Kier alpha value is -0.480. The second-order valence-corrected chi connectivity index (χ2v) is 4.74. The summed E-state index contributed by atoms with van der Waals surface area (Å²) in [5.41, 5.74) is 0.925. The van der Waals surface area contributed by atoms with E-state index in [1.807, 2.05) is 12.1 Å². The number of rotatable bonds is 1. The highest BCUT2D eigenvalue weighted by molar-refractivity contribution is 6.36. The van der Waals surface area contributed by atoms with E-state index in [2.05, 4.69) is 10.2 Å². The average molecular weight is 261 g/mol. The van der Waals surface area contributed by atoms with Crippen LogP contribution in [0.2, 0.25) is 10.0 Å². The maximum absolute atomic E-state index is 9.69. The first-order chi connectivity index (χ1) is 7.66. The van der Waals surface area contributed by atoms with Gasteiger partial charge in [0.15, 0.2) is 0 Å². The molecule has 1 heterocycles. The third kappa shape index (κ3) is 2.80. The van der Waals surface area contributed by atoms with Crippen molar-refractivity contribution in [3.8, 4) is 0 Å². The molecule has 0 aliphatic carbocycles. The number of β-amino-alcohol motifs (C(OH)–C–C–N with tert-alkyl or cyclic N) is 1. The van der Waals surface area contributed by atoms with Crippen LogP contribution in [0.1, 0.15) is 0 Å². The Bertz CT molecular complexity index is 373. The standard InChI is InChI=1S/C11H14Cl2N2O/c12-8-1-2-11(10(13)5-8)15-4-3-14-6-9(16)7-15/h1-2,5,9,14,16H,3-4,6-7H2. The highest BCUT2D eigenvalue weighted by atomic mass is 35.5. The normalized spacial score (nSPS) is 21.9. The van der Waals surface area contributed by atoms with Gasteiger partial charge in [-0.25, -0.2) is 0 Å². The summed E-state index contributed by atoms with van der Waals surface area (Å²) in [6.45, 7) is 2.89. The Kier molecular flexibility index (Phi) is 3.92. The lowest BCUT2D eigenvalue weighted by molar-refractivity contribution is 0.185. The zero-order valence-electron chi connectivity index (χ0n) is 8.79. The highest BCUT2D eigenvalue weighted by Crippen LogP contribution is 2.29. The lowest BCUT2D eigenvalue weighted by Gasteiger charge is -2.25. The van der Waals surface area contributed by atoms with Gasteiger partial charge in [-0.05, 0) is 18.2 Å². The number of benzene rings is 1. The molecule has 0 aromatic heterocycles. The van der Waals surface area contributed by atoms with E-state index in [1.165, 1.54) is 0 Å². The van der Waals surface area contributed by atoms with Crippen molar-refractivity contribution in [1.82, 2.24) is 5.32 Å². The van der Waals surface area contributed by atoms with Crippen molar-refractivity contribution < 1.29 is 5.11 Å². The van der Waals surface area contributed by atoms with Crippen molar-refractivity contribution in [3.63, 3.8) is 0 Å². The predicted molar refractivity (Wildman–Crippen MR) is 67.6 cm³/mol. The Labute approximate surface area is 105 Å². The van der Waals surface area contributed by atoms with Crippen molar-refractivity contribution in [1.29, 1.82) is 0 Å². The fraction of sp³-hybridized carbons (Fsp3) is 0.455. The summed E-state index contributed by atoms with van der Waals surface area (Å²) in [5, 5.41) is 14.1. The SMILES string of the molecule is OC1CNCCN(c2ccc(Cl)cc2Cl)C1. The summed E-state index contributed by atoms with van der Waals surface area (Å²) in [6.07, 6.45) is -0.366. The summed E-state index contributed by atoms with van der Waals surface area (Å²) < 4.78 is 0. The van der Waals surface area contributed by atoms with Gasteiger partial charge in [0.05, 0.1) is 16.8 Å². The molecule has 1 aliphatic heterocycles. The molecule has 16 heavy (non-hydrogen) atoms. The number of anilines is 1. The maximum atomic E-state index is 9.69. The van der Waals surface area contributed by atoms with Gasteiger partial charge in [-0.15, -0.1) is 0 Å². The molecule has 1 fully saturated rings. The quantitative estimate of drug-likeness (QED) is 0.808. The van der Waals surface area contributed by atoms with Crippen LogP contribution >= 0.6 is 23.2 Å². The third-order valence-corrected chi connectivity index (χ3v) is 3.16. The van der Waals surface area contributed by atoms with Crippen LogP contribution in [0.4, 0.5) is 5.69 Å². The molecule has 2 N–H and O–H groups in total. The number of aliphatic hydroxyl groups is 1. The molecule has 1 aromatic carbocycles.